The van der Waals surface area contributed by atoms with Crippen LogP contribution in [0.2, 0.25) is 0 Å². The summed E-state index contributed by atoms with van der Waals surface area (Å²) in [6.45, 7) is 1.21. The Morgan fingerprint density at radius 1 is 1.04 bits per heavy atom. The molecule has 8 heteroatoms. The van der Waals surface area contributed by atoms with Crippen LogP contribution < -0.4 is 20.1 Å². The van der Waals surface area contributed by atoms with E-state index in [1.165, 1.54) is 12.1 Å². The van der Waals surface area contributed by atoms with Gasteiger partial charge in [0.1, 0.15) is 0 Å². The summed E-state index contributed by atoms with van der Waals surface area (Å²) < 4.78 is 48.0. The van der Waals surface area contributed by atoms with Crippen molar-refractivity contribution in [2.24, 2.45) is 0 Å². The fraction of sp³-hybridized carbons (Fsp3) is 0.278. The molecular formula is C18H17F3N2O3. The Labute approximate surface area is 148 Å². The summed E-state index contributed by atoms with van der Waals surface area (Å²) in [6.07, 6.45) is -4.19. The molecule has 0 fully saturated rings. The molecule has 0 spiro atoms. The van der Waals surface area contributed by atoms with Crippen molar-refractivity contribution in [1.29, 1.82) is 0 Å². The van der Waals surface area contributed by atoms with Crippen molar-refractivity contribution < 1.29 is 27.4 Å². The summed E-state index contributed by atoms with van der Waals surface area (Å²) >= 11 is 0. The largest absolute Gasteiger partial charge is 0.454 e. The van der Waals surface area contributed by atoms with Gasteiger partial charge < -0.3 is 20.1 Å². The molecular weight excluding hydrogens is 349 g/mol. The van der Waals surface area contributed by atoms with Crippen molar-refractivity contribution in [3.63, 3.8) is 0 Å². The Hall–Kier alpha value is -2.74. The van der Waals surface area contributed by atoms with Gasteiger partial charge in [0.2, 0.25) is 12.7 Å². The number of fused-ring (bicyclic) bond motifs is 1. The first-order valence-corrected chi connectivity index (χ1v) is 7.98. The molecule has 5 nitrogen and oxygen atoms in total. The number of ether oxygens (including phenoxy) is 2. The van der Waals surface area contributed by atoms with Crippen molar-refractivity contribution in [2.45, 2.75) is 19.1 Å². The highest BCUT2D eigenvalue weighted by Gasteiger charge is 2.29. The molecule has 1 amide bonds. The fourth-order valence-electron chi connectivity index (χ4n) is 2.45. The van der Waals surface area contributed by atoms with Gasteiger partial charge in [-0.05, 0) is 42.0 Å². The van der Waals surface area contributed by atoms with Crippen LogP contribution >= 0.6 is 0 Å². The van der Waals surface area contributed by atoms with Gasteiger partial charge in [-0.15, -0.1) is 0 Å². The van der Waals surface area contributed by atoms with E-state index in [2.05, 4.69) is 10.6 Å². The van der Waals surface area contributed by atoms with E-state index in [1.807, 2.05) is 18.2 Å². The van der Waals surface area contributed by atoms with Crippen LogP contribution in [-0.2, 0) is 17.5 Å². The number of halogens is 3. The number of benzene rings is 2. The first-order valence-electron chi connectivity index (χ1n) is 7.98. The van der Waals surface area contributed by atoms with Gasteiger partial charge in [0.15, 0.2) is 11.5 Å². The van der Waals surface area contributed by atoms with Gasteiger partial charge in [0, 0.05) is 25.2 Å². The van der Waals surface area contributed by atoms with Crippen LogP contribution in [0.1, 0.15) is 17.5 Å². The number of amides is 1. The Kier molecular flexibility index (Phi) is 5.32. The molecule has 0 radical (unpaired) electrons. The molecule has 138 valence electrons. The minimum Gasteiger partial charge on any atom is -0.454 e. The molecule has 1 heterocycles. The number of alkyl halides is 3. The predicted octanol–water partition coefficient (Wildman–Crippen LogP) is 3.55. The molecule has 0 saturated carbocycles. The van der Waals surface area contributed by atoms with Gasteiger partial charge in [0.05, 0.1) is 5.56 Å². The molecule has 26 heavy (non-hydrogen) atoms. The number of rotatable bonds is 6. The maximum atomic E-state index is 12.5. The molecule has 2 aromatic rings. The van der Waals surface area contributed by atoms with Crippen LogP contribution in [0.25, 0.3) is 0 Å². The first kappa shape index (κ1) is 18.1. The molecule has 0 saturated heterocycles. The molecule has 0 bridgehead atoms. The predicted molar refractivity (Wildman–Crippen MR) is 89.0 cm³/mol. The van der Waals surface area contributed by atoms with Crippen molar-refractivity contribution >= 4 is 11.6 Å². The second-order valence-electron chi connectivity index (χ2n) is 5.74. The average molecular weight is 366 g/mol. The van der Waals surface area contributed by atoms with Crippen molar-refractivity contribution in [2.75, 3.05) is 18.7 Å². The van der Waals surface area contributed by atoms with E-state index in [0.29, 0.717) is 30.3 Å². The van der Waals surface area contributed by atoms with Crippen molar-refractivity contribution in [3.8, 4) is 11.5 Å². The van der Waals surface area contributed by atoms with Crippen LogP contribution in [0.5, 0.6) is 11.5 Å². The summed E-state index contributed by atoms with van der Waals surface area (Å²) in [5.74, 6) is 1.14. The summed E-state index contributed by atoms with van der Waals surface area (Å²) in [6, 6.07) is 9.96. The number of carbonyl (C=O) groups excluding carboxylic acids is 1. The van der Waals surface area contributed by atoms with E-state index in [1.54, 1.807) is 0 Å². The second-order valence-corrected chi connectivity index (χ2v) is 5.74. The molecule has 0 unspecified atom stereocenters. The smallest absolute Gasteiger partial charge is 0.416 e. The number of hydrogen-bond acceptors (Lipinski definition) is 4. The zero-order valence-electron chi connectivity index (χ0n) is 13.7. The van der Waals surface area contributed by atoms with E-state index in [-0.39, 0.29) is 19.1 Å². The maximum Gasteiger partial charge on any atom is 0.416 e. The zero-order valence-corrected chi connectivity index (χ0v) is 13.7. The summed E-state index contributed by atoms with van der Waals surface area (Å²) in [4.78, 5) is 11.8. The van der Waals surface area contributed by atoms with Crippen LogP contribution in [-0.4, -0.2) is 19.2 Å². The molecule has 1 aliphatic heterocycles. The number of hydrogen-bond donors (Lipinski definition) is 2. The average Bonchev–Trinajstić information content (AvgIpc) is 3.06. The Bertz CT molecular complexity index is 776. The standard InChI is InChI=1S/C18H17F3N2O3/c19-18(20,21)13-2-4-14(5-3-13)23-17(24)7-8-22-10-12-1-6-15-16(9-12)26-11-25-15/h1-6,9,22H,7-8,10-11H2,(H,23,24). The van der Waals surface area contributed by atoms with Gasteiger partial charge >= 0.3 is 6.18 Å². The zero-order chi connectivity index (χ0) is 18.6. The third-order valence-corrected chi connectivity index (χ3v) is 3.79. The highest BCUT2D eigenvalue weighted by molar-refractivity contribution is 5.90. The molecule has 2 N–H and O–H groups in total. The topological polar surface area (TPSA) is 59.6 Å². The van der Waals surface area contributed by atoms with E-state index < -0.39 is 11.7 Å². The van der Waals surface area contributed by atoms with Crippen molar-refractivity contribution in [3.05, 3.63) is 53.6 Å². The van der Waals surface area contributed by atoms with Gasteiger partial charge in [-0.3, -0.25) is 4.79 Å². The fourth-order valence-corrected chi connectivity index (χ4v) is 2.45. The van der Waals surface area contributed by atoms with E-state index in [0.717, 1.165) is 17.7 Å². The number of nitrogens with one attached hydrogen (secondary N) is 2. The van der Waals surface area contributed by atoms with Gasteiger partial charge in [-0.25, -0.2) is 0 Å². The van der Waals surface area contributed by atoms with E-state index in [4.69, 9.17) is 9.47 Å². The number of anilines is 1. The normalized spacial score (nSPS) is 12.9. The Morgan fingerprint density at radius 2 is 1.77 bits per heavy atom. The second kappa shape index (κ2) is 7.65. The quantitative estimate of drug-likeness (QED) is 0.768. The molecule has 2 aromatic carbocycles. The van der Waals surface area contributed by atoms with Crippen LogP contribution in [0.3, 0.4) is 0 Å². The summed E-state index contributed by atoms with van der Waals surface area (Å²) in [7, 11) is 0. The van der Waals surface area contributed by atoms with Crippen LogP contribution in [0.4, 0.5) is 18.9 Å². The SMILES string of the molecule is O=C(CCNCc1ccc2c(c1)OCO2)Nc1ccc(C(F)(F)F)cc1. The Morgan fingerprint density at radius 3 is 2.50 bits per heavy atom. The van der Waals surface area contributed by atoms with Crippen LogP contribution in [0, 0.1) is 0 Å². The van der Waals surface area contributed by atoms with Gasteiger partial charge in [0.25, 0.3) is 0 Å². The molecule has 0 aromatic heterocycles. The molecule has 3 rings (SSSR count). The third-order valence-electron chi connectivity index (χ3n) is 3.79. The lowest BCUT2D eigenvalue weighted by Gasteiger charge is -2.09. The lowest BCUT2D eigenvalue weighted by molar-refractivity contribution is -0.137. The molecule has 1 aliphatic rings. The third kappa shape index (κ3) is 4.66. The highest BCUT2D eigenvalue weighted by Crippen LogP contribution is 2.32. The summed E-state index contributed by atoms with van der Waals surface area (Å²) in [5, 5.41) is 5.70. The van der Waals surface area contributed by atoms with Crippen molar-refractivity contribution in [1.82, 2.24) is 5.32 Å². The summed E-state index contributed by atoms with van der Waals surface area (Å²) in [5.41, 5.74) is 0.581. The molecule has 0 aliphatic carbocycles. The maximum absolute atomic E-state index is 12.5. The lowest BCUT2D eigenvalue weighted by atomic mass is 10.2. The first-order chi connectivity index (χ1) is 12.4. The molecule has 0 atom stereocenters. The monoisotopic (exact) mass is 366 g/mol. The van der Waals surface area contributed by atoms with Gasteiger partial charge in [-0.1, -0.05) is 6.07 Å². The lowest BCUT2D eigenvalue weighted by Crippen LogP contribution is -2.21. The highest BCUT2D eigenvalue weighted by atomic mass is 19.4. The Balaban J connectivity index is 1.40. The van der Waals surface area contributed by atoms with Gasteiger partial charge in [-0.2, -0.15) is 13.2 Å². The minimum atomic E-state index is -4.39. The van der Waals surface area contributed by atoms with Crippen LogP contribution in [0.15, 0.2) is 42.5 Å². The minimum absolute atomic E-state index is 0.200. The van der Waals surface area contributed by atoms with E-state index in [9.17, 15) is 18.0 Å². The number of carbonyl (C=O) groups is 1. The van der Waals surface area contributed by atoms with E-state index >= 15 is 0 Å².